The minimum absolute atomic E-state index is 0.0815. The monoisotopic (exact) mass is 274 g/mol. The van der Waals surface area contributed by atoms with Crippen molar-refractivity contribution in [1.82, 2.24) is 20.3 Å². The van der Waals surface area contributed by atoms with Crippen molar-refractivity contribution in [1.29, 1.82) is 0 Å². The molecule has 0 aliphatic heterocycles. The summed E-state index contributed by atoms with van der Waals surface area (Å²) in [5, 5.41) is 11.5. The van der Waals surface area contributed by atoms with Crippen LogP contribution in [0.15, 0.2) is 24.5 Å². The highest BCUT2D eigenvalue weighted by molar-refractivity contribution is 5.80. The largest absolute Gasteiger partial charge is 0.351 e. The van der Waals surface area contributed by atoms with Gasteiger partial charge in [0.1, 0.15) is 0 Å². The summed E-state index contributed by atoms with van der Waals surface area (Å²) in [7, 11) is 0. The van der Waals surface area contributed by atoms with Crippen LogP contribution in [0.1, 0.15) is 26.7 Å². The highest BCUT2D eigenvalue weighted by Gasteiger charge is 2.40. The van der Waals surface area contributed by atoms with E-state index in [4.69, 9.17) is 0 Å². The molecule has 1 aromatic heterocycles. The van der Waals surface area contributed by atoms with E-state index >= 15 is 0 Å². The average Bonchev–Trinajstić information content (AvgIpc) is 3.14. The number of allylic oxidation sites excluding steroid dienone is 2. The average molecular weight is 274 g/mol. The van der Waals surface area contributed by atoms with Gasteiger partial charge < -0.3 is 5.32 Å². The molecule has 2 aliphatic rings. The minimum atomic E-state index is 0.0815. The van der Waals surface area contributed by atoms with E-state index in [2.05, 4.69) is 41.5 Å². The molecule has 1 saturated carbocycles. The van der Waals surface area contributed by atoms with Crippen LogP contribution in [0.4, 0.5) is 0 Å². The maximum atomic E-state index is 12.5. The topological polar surface area (TPSA) is 59.8 Å². The van der Waals surface area contributed by atoms with Crippen molar-refractivity contribution < 1.29 is 4.79 Å². The number of carbonyl (C=O) groups is 1. The number of hydrogen-bond donors (Lipinski definition) is 1. The van der Waals surface area contributed by atoms with Crippen molar-refractivity contribution >= 4 is 5.91 Å². The maximum Gasteiger partial charge on any atom is 0.224 e. The third-order valence-electron chi connectivity index (χ3n) is 4.57. The van der Waals surface area contributed by atoms with E-state index in [1.165, 1.54) is 0 Å². The molecule has 1 fully saturated rings. The Labute approximate surface area is 119 Å². The highest BCUT2D eigenvalue weighted by atomic mass is 16.2. The van der Waals surface area contributed by atoms with E-state index in [1.807, 2.05) is 0 Å². The van der Waals surface area contributed by atoms with Gasteiger partial charge in [-0.1, -0.05) is 26.0 Å². The quantitative estimate of drug-likeness (QED) is 0.830. The fraction of sp³-hybridized carbons (Fsp3) is 0.667. The number of nitrogens with one attached hydrogen (secondary N) is 1. The van der Waals surface area contributed by atoms with Gasteiger partial charge in [0.05, 0.1) is 25.0 Å². The maximum absolute atomic E-state index is 12.5. The molecule has 0 saturated heterocycles. The van der Waals surface area contributed by atoms with Crippen LogP contribution in [0.25, 0.3) is 0 Å². The molecule has 1 N–H and O–H groups in total. The number of nitrogens with zero attached hydrogens (tertiary/aromatic N) is 3. The van der Waals surface area contributed by atoms with Gasteiger partial charge in [0.25, 0.3) is 0 Å². The summed E-state index contributed by atoms with van der Waals surface area (Å²) in [6.45, 7) is 4.87. The van der Waals surface area contributed by atoms with Crippen molar-refractivity contribution in [2.45, 2.75) is 39.3 Å². The first-order chi connectivity index (χ1) is 9.63. The first kappa shape index (κ1) is 13.3. The Morgan fingerprint density at radius 3 is 2.60 bits per heavy atom. The second-order valence-electron chi connectivity index (χ2n) is 6.33. The first-order valence-corrected chi connectivity index (χ1v) is 7.46. The second-order valence-corrected chi connectivity index (χ2v) is 6.33. The van der Waals surface area contributed by atoms with Crippen molar-refractivity contribution in [2.75, 3.05) is 0 Å². The Morgan fingerprint density at radius 2 is 2.05 bits per heavy atom. The van der Waals surface area contributed by atoms with Crippen LogP contribution in [0, 0.1) is 23.7 Å². The Hall–Kier alpha value is -1.65. The van der Waals surface area contributed by atoms with Crippen LogP contribution >= 0.6 is 0 Å². The first-order valence-electron chi connectivity index (χ1n) is 7.46. The molecule has 3 rings (SSSR count). The Bertz CT molecular complexity index is 494. The van der Waals surface area contributed by atoms with Crippen molar-refractivity contribution in [3.8, 4) is 0 Å². The number of rotatable bonds is 5. The predicted molar refractivity (Wildman–Crippen MR) is 75.6 cm³/mol. The molecular weight excluding hydrogens is 252 g/mol. The van der Waals surface area contributed by atoms with Gasteiger partial charge in [-0.05, 0) is 30.6 Å². The normalized spacial score (nSPS) is 29.1. The molecule has 0 spiro atoms. The zero-order chi connectivity index (χ0) is 14.1. The third kappa shape index (κ3) is 2.62. The number of fused-ring (bicyclic) bond motifs is 2. The van der Waals surface area contributed by atoms with E-state index in [0.29, 0.717) is 24.3 Å². The van der Waals surface area contributed by atoms with Gasteiger partial charge in [0.2, 0.25) is 5.91 Å². The molecule has 4 atom stereocenters. The van der Waals surface area contributed by atoms with Crippen LogP contribution in [0.3, 0.4) is 0 Å². The zero-order valence-corrected chi connectivity index (χ0v) is 12.1. The van der Waals surface area contributed by atoms with Gasteiger partial charge >= 0.3 is 0 Å². The number of amides is 1. The van der Waals surface area contributed by atoms with E-state index in [-0.39, 0.29) is 17.9 Å². The van der Waals surface area contributed by atoms with E-state index in [0.717, 1.165) is 12.8 Å². The molecule has 0 aromatic carbocycles. The standard InChI is InChI=1S/C15H22N4O/c1-10(2)14(9-19-16-5-6-17-19)18-15(20)13-8-11-3-4-12(13)7-11/h3-6,10-14H,7-9H2,1-2H3,(H,18,20). The van der Waals surface area contributed by atoms with Gasteiger partial charge in [-0.2, -0.15) is 15.0 Å². The van der Waals surface area contributed by atoms with Gasteiger partial charge in [-0.15, -0.1) is 0 Å². The van der Waals surface area contributed by atoms with Gasteiger partial charge in [-0.25, -0.2) is 0 Å². The lowest BCUT2D eigenvalue weighted by atomic mass is 9.92. The molecule has 1 amide bonds. The van der Waals surface area contributed by atoms with E-state index in [1.54, 1.807) is 17.2 Å². The molecular formula is C15H22N4O. The Kier molecular flexibility index (Phi) is 3.59. The van der Waals surface area contributed by atoms with Crippen molar-refractivity contribution in [2.24, 2.45) is 23.7 Å². The summed E-state index contributed by atoms with van der Waals surface area (Å²) >= 11 is 0. The molecule has 5 heteroatoms. The molecule has 2 aliphatic carbocycles. The van der Waals surface area contributed by atoms with Crippen molar-refractivity contribution in [3.63, 3.8) is 0 Å². The summed E-state index contributed by atoms with van der Waals surface area (Å²) in [6.07, 6.45) is 9.99. The Morgan fingerprint density at radius 1 is 1.30 bits per heavy atom. The number of carbonyl (C=O) groups excluding carboxylic acids is 1. The van der Waals surface area contributed by atoms with Crippen LogP contribution in [-0.4, -0.2) is 26.9 Å². The SMILES string of the molecule is CC(C)C(Cn1nccn1)NC(=O)C1CC2C=CC1C2. The minimum Gasteiger partial charge on any atom is -0.351 e. The van der Waals surface area contributed by atoms with Gasteiger partial charge in [-0.3, -0.25) is 4.79 Å². The molecule has 5 nitrogen and oxygen atoms in total. The van der Waals surface area contributed by atoms with E-state index < -0.39 is 0 Å². The second kappa shape index (κ2) is 5.38. The molecule has 2 bridgehead atoms. The lowest BCUT2D eigenvalue weighted by molar-refractivity contribution is -0.126. The summed E-state index contributed by atoms with van der Waals surface area (Å²) in [5.74, 6) is 1.81. The molecule has 20 heavy (non-hydrogen) atoms. The van der Waals surface area contributed by atoms with Crippen molar-refractivity contribution in [3.05, 3.63) is 24.5 Å². The van der Waals surface area contributed by atoms with E-state index in [9.17, 15) is 4.79 Å². The highest BCUT2D eigenvalue weighted by Crippen LogP contribution is 2.43. The fourth-order valence-electron chi connectivity index (χ4n) is 3.31. The lowest BCUT2D eigenvalue weighted by Crippen LogP contribution is -2.45. The molecule has 108 valence electrons. The lowest BCUT2D eigenvalue weighted by Gasteiger charge is -2.25. The smallest absolute Gasteiger partial charge is 0.224 e. The third-order valence-corrected chi connectivity index (χ3v) is 4.57. The summed E-state index contributed by atoms with van der Waals surface area (Å²) in [6, 6.07) is 0.0815. The summed E-state index contributed by atoms with van der Waals surface area (Å²) in [4.78, 5) is 14.1. The van der Waals surface area contributed by atoms with Crippen LogP contribution in [-0.2, 0) is 11.3 Å². The molecule has 1 heterocycles. The van der Waals surface area contributed by atoms with Crippen LogP contribution in [0.5, 0.6) is 0 Å². The van der Waals surface area contributed by atoms with Crippen LogP contribution < -0.4 is 5.32 Å². The Balaban J connectivity index is 1.61. The molecule has 0 radical (unpaired) electrons. The zero-order valence-electron chi connectivity index (χ0n) is 12.1. The summed E-state index contributed by atoms with van der Waals surface area (Å²) < 4.78 is 0. The summed E-state index contributed by atoms with van der Waals surface area (Å²) in [5.41, 5.74) is 0. The predicted octanol–water partition coefficient (Wildman–Crippen LogP) is 1.63. The molecule has 4 unspecified atom stereocenters. The number of hydrogen-bond acceptors (Lipinski definition) is 3. The van der Waals surface area contributed by atoms with Crippen LogP contribution in [0.2, 0.25) is 0 Å². The fourth-order valence-corrected chi connectivity index (χ4v) is 3.31. The van der Waals surface area contributed by atoms with Gasteiger partial charge in [0.15, 0.2) is 0 Å². The molecule has 1 aromatic rings. The van der Waals surface area contributed by atoms with Gasteiger partial charge in [0, 0.05) is 5.92 Å². The number of aromatic nitrogens is 3.